The van der Waals surface area contributed by atoms with Crippen LogP contribution in [0.4, 0.5) is 0 Å². The zero-order valence-electron chi connectivity index (χ0n) is 9.85. The Morgan fingerprint density at radius 1 is 1.35 bits per heavy atom. The van der Waals surface area contributed by atoms with Crippen LogP contribution in [0.3, 0.4) is 0 Å². The average Bonchev–Trinajstić information content (AvgIpc) is 2.93. The van der Waals surface area contributed by atoms with Crippen molar-refractivity contribution in [3.8, 4) is 0 Å². The molecule has 2 fully saturated rings. The lowest BCUT2D eigenvalue weighted by molar-refractivity contribution is -0.144. The molecule has 0 aromatic carbocycles. The summed E-state index contributed by atoms with van der Waals surface area (Å²) in [5.41, 5.74) is -1.36. The molecule has 2 aliphatic rings. The summed E-state index contributed by atoms with van der Waals surface area (Å²) in [6.07, 6.45) is 3.22. The van der Waals surface area contributed by atoms with Crippen LogP contribution in [0.2, 0.25) is 0 Å². The van der Waals surface area contributed by atoms with Gasteiger partial charge in [0.15, 0.2) is 0 Å². The van der Waals surface area contributed by atoms with Crippen LogP contribution in [0.15, 0.2) is 0 Å². The number of rotatable bonds is 5. The lowest BCUT2D eigenvalue weighted by Crippen LogP contribution is -2.57. The lowest BCUT2D eigenvalue weighted by atomic mass is 9.98. The maximum absolute atomic E-state index is 12.0. The van der Waals surface area contributed by atoms with E-state index in [1.165, 1.54) is 11.2 Å². The summed E-state index contributed by atoms with van der Waals surface area (Å²) >= 11 is 0. The average molecular weight is 262 g/mol. The van der Waals surface area contributed by atoms with Crippen molar-refractivity contribution in [2.45, 2.75) is 38.1 Å². The smallest absolute Gasteiger partial charge is 0.324 e. The Bertz CT molecular complexity index is 412. The number of aliphatic carboxylic acids is 1. The fraction of sp³-hybridized carbons (Fsp3) is 0.900. The molecule has 2 rings (SSSR count). The minimum atomic E-state index is -3.67. The van der Waals surface area contributed by atoms with Gasteiger partial charge in [-0.05, 0) is 38.5 Å². The van der Waals surface area contributed by atoms with E-state index in [4.69, 9.17) is 0 Å². The van der Waals surface area contributed by atoms with Crippen LogP contribution in [0, 0.1) is 5.92 Å². The molecule has 0 bridgehead atoms. The Kier molecular flexibility index (Phi) is 3.17. The SMILES string of the molecule is CC(NS(=O)(=O)N1CCCC1)(C(=O)O)C1CC1. The molecule has 1 saturated carbocycles. The van der Waals surface area contributed by atoms with Gasteiger partial charge < -0.3 is 5.11 Å². The Balaban J connectivity index is 2.14. The quantitative estimate of drug-likeness (QED) is 0.739. The molecule has 1 saturated heterocycles. The van der Waals surface area contributed by atoms with Crippen LogP contribution in [-0.2, 0) is 15.0 Å². The normalized spacial score (nSPS) is 25.7. The van der Waals surface area contributed by atoms with Gasteiger partial charge in [-0.15, -0.1) is 0 Å². The fourth-order valence-electron chi connectivity index (χ4n) is 2.22. The summed E-state index contributed by atoms with van der Waals surface area (Å²) in [6.45, 7) is 2.42. The van der Waals surface area contributed by atoms with Gasteiger partial charge in [-0.25, -0.2) is 0 Å². The zero-order chi connectivity index (χ0) is 12.7. The van der Waals surface area contributed by atoms with Crippen LogP contribution in [-0.4, -0.2) is 42.4 Å². The molecule has 0 amide bonds. The van der Waals surface area contributed by atoms with Gasteiger partial charge in [0.25, 0.3) is 10.2 Å². The van der Waals surface area contributed by atoms with Crippen molar-refractivity contribution in [1.82, 2.24) is 9.03 Å². The van der Waals surface area contributed by atoms with Crippen molar-refractivity contribution < 1.29 is 18.3 Å². The first-order valence-electron chi connectivity index (χ1n) is 5.89. The number of carbonyl (C=O) groups is 1. The number of hydrogen-bond donors (Lipinski definition) is 2. The molecule has 0 radical (unpaired) electrons. The van der Waals surface area contributed by atoms with E-state index in [1.807, 2.05) is 0 Å². The predicted molar refractivity (Wildman–Crippen MR) is 61.6 cm³/mol. The largest absolute Gasteiger partial charge is 0.480 e. The second-order valence-corrected chi connectivity index (χ2v) is 6.67. The molecule has 2 N–H and O–H groups in total. The number of hydrogen-bond acceptors (Lipinski definition) is 3. The van der Waals surface area contributed by atoms with Crippen LogP contribution in [0.25, 0.3) is 0 Å². The molecule has 1 aliphatic carbocycles. The second-order valence-electron chi connectivity index (χ2n) is 5.00. The zero-order valence-corrected chi connectivity index (χ0v) is 10.7. The molecule has 1 heterocycles. The summed E-state index contributed by atoms with van der Waals surface area (Å²) < 4.78 is 27.8. The van der Waals surface area contributed by atoms with Crippen molar-refractivity contribution in [3.05, 3.63) is 0 Å². The van der Waals surface area contributed by atoms with Gasteiger partial charge in [-0.1, -0.05) is 0 Å². The third-order valence-corrected chi connectivity index (χ3v) is 5.31. The Morgan fingerprint density at radius 2 is 1.88 bits per heavy atom. The van der Waals surface area contributed by atoms with E-state index >= 15 is 0 Å². The van der Waals surface area contributed by atoms with E-state index in [-0.39, 0.29) is 5.92 Å². The van der Waals surface area contributed by atoms with Crippen molar-refractivity contribution in [1.29, 1.82) is 0 Å². The summed E-state index contributed by atoms with van der Waals surface area (Å²) in [7, 11) is -3.67. The van der Waals surface area contributed by atoms with Crippen LogP contribution in [0.5, 0.6) is 0 Å². The van der Waals surface area contributed by atoms with E-state index < -0.39 is 21.7 Å². The maximum Gasteiger partial charge on any atom is 0.324 e. The van der Waals surface area contributed by atoms with E-state index in [0.717, 1.165) is 25.7 Å². The molecule has 17 heavy (non-hydrogen) atoms. The maximum atomic E-state index is 12.0. The van der Waals surface area contributed by atoms with Crippen LogP contribution >= 0.6 is 0 Å². The first-order valence-corrected chi connectivity index (χ1v) is 7.33. The van der Waals surface area contributed by atoms with E-state index in [2.05, 4.69) is 4.72 Å². The highest BCUT2D eigenvalue weighted by molar-refractivity contribution is 7.87. The van der Waals surface area contributed by atoms with Gasteiger partial charge in [0.2, 0.25) is 0 Å². The van der Waals surface area contributed by atoms with Crippen LogP contribution in [0.1, 0.15) is 32.6 Å². The van der Waals surface area contributed by atoms with Gasteiger partial charge >= 0.3 is 5.97 Å². The fourth-order valence-corrected chi connectivity index (χ4v) is 3.88. The minimum absolute atomic E-state index is 0.0858. The molecular weight excluding hydrogens is 244 g/mol. The minimum Gasteiger partial charge on any atom is -0.480 e. The van der Waals surface area contributed by atoms with Gasteiger partial charge in [-0.3, -0.25) is 4.79 Å². The van der Waals surface area contributed by atoms with Crippen molar-refractivity contribution in [2.24, 2.45) is 5.92 Å². The summed E-state index contributed by atoms with van der Waals surface area (Å²) in [5.74, 6) is -1.18. The highest BCUT2D eigenvalue weighted by atomic mass is 32.2. The molecule has 1 aliphatic heterocycles. The Hall–Kier alpha value is -0.660. The van der Waals surface area contributed by atoms with Gasteiger partial charge in [0.05, 0.1) is 0 Å². The molecule has 0 aromatic rings. The first kappa shape index (κ1) is 12.8. The van der Waals surface area contributed by atoms with E-state index in [0.29, 0.717) is 13.1 Å². The molecule has 6 nitrogen and oxygen atoms in total. The number of carboxylic acid groups (broad SMARTS) is 1. The highest BCUT2D eigenvalue weighted by Crippen LogP contribution is 2.40. The number of carboxylic acids is 1. The Labute approximate surface area is 101 Å². The summed E-state index contributed by atoms with van der Waals surface area (Å²) in [6, 6.07) is 0. The predicted octanol–water partition coefficient (Wildman–Crippen LogP) is 0.170. The number of nitrogens with zero attached hydrogens (tertiary/aromatic N) is 1. The first-order chi connectivity index (χ1) is 7.86. The summed E-state index contributed by atoms with van der Waals surface area (Å²) in [5, 5.41) is 9.20. The van der Waals surface area contributed by atoms with Crippen LogP contribution < -0.4 is 4.72 Å². The van der Waals surface area contributed by atoms with Crippen molar-refractivity contribution >= 4 is 16.2 Å². The Morgan fingerprint density at radius 3 is 2.29 bits per heavy atom. The van der Waals surface area contributed by atoms with E-state index in [1.54, 1.807) is 0 Å². The van der Waals surface area contributed by atoms with Gasteiger partial charge in [0, 0.05) is 13.1 Å². The van der Waals surface area contributed by atoms with Crippen molar-refractivity contribution in [3.63, 3.8) is 0 Å². The molecule has 0 spiro atoms. The lowest BCUT2D eigenvalue weighted by Gasteiger charge is -2.28. The van der Waals surface area contributed by atoms with Crippen molar-refractivity contribution in [2.75, 3.05) is 13.1 Å². The standard InChI is InChI=1S/C10H18N2O4S/c1-10(9(13)14,8-4-5-8)11-17(15,16)12-6-2-3-7-12/h8,11H,2-7H2,1H3,(H,13,14). The van der Waals surface area contributed by atoms with Gasteiger partial charge in [-0.2, -0.15) is 17.4 Å². The summed E-state index contributed by atoms with van der Waals surface area (Å²) in [4.78, 5) is 11.2. The molecule has 1 atom stereocenters. The molecule has 1 unspecified atom stereocenters. The molecule has 98 valence electrons. The third kappa shape index (κ3) is 2.46. The third-order valence-electron chi connectivity index (χ3n) is 3.58. The molecular formula is C10H18N2O4S. The monoisotopic (exact) mass is 262 g/mol. The number of nitrogens with one attached hydrogen (secondary N) is 1. The topological polar surface area (TPSA) is 86.7 Å². The van der Waals surface area contributed by atoms with Gasteiger partial charge in [0.1, 0.15) is 5.54 Å². The second kappa shape index (κ2) is 4.22. The van der Waals surface area contributed by atoms with E-state index in [9.17, 15) is 18.3 Å². The highest BCUT2D eigenvalue weighted by Gasteiger charge is 2.50. The molecule has 0 aromatic heterocycles. The molecule has 7 heteroatoms.